The number of benzene rings is 2. The number of hydrogen-bond donors (Lipinski definition) is 1. The molecule has 2 aromatic rings. The summed E-state index contributed by atoms with van der Waals surface area (Å²) < 4.78 is 5.74. The molecule has 0 aromatic heterocycles. The summed E-state index contributed by atoms with van der Waals surface area (Å²) in [5.41, 5.74) is 6.63. The van der Waals surface area contributed by atoms with Crippen LogP contribution in [-0.2, 0) is 0 Å². The van der Waals surface area contributed by atoms with Crippen molar-refractivity contribution in [2.45, 2.75) is 12.8 Å². The number of ether oxygens (including phenoxy) is 1. The number of para-hydroxylation sites is 1. The molecule has 98 valence electrons. The first-order valence-corrected chi connectivity index (χ1v) is 6.58. The SMILES string of the molecule is NCCC/C=C/c1ccc(Oc2ccccc2)cc1. The first kappa shape index (κ1) is 13.4. The zero-order chi connectivity index (χ0) is 13.3. The van der Waals surface area contributed by atoms with Gasteiger partial charge in [0.15, 0.2) is 0 Å². The van der Waals surface area contributed by atoms with Gasteiger partial charge in [0.2, 0.25) is 0 Å². The topological polar surface area (TPSA) is 35.2 Å². The first-order chi connectivity index (χ1) is 9.38. The van der Waals surface area contributed by atoms with Crippen LogP contribution in [0.1, 0.15) is 18.4 Å². The Kier molecular flexibility index (Phi) is 5.20. The molecule has 2 aromatic carbocycles. The van der Waals surface area contributed by atoms with E-state index in [1.54, 1.807) is 0 Å². The van der Waals surface area contributed by atoms with Crippen LogP contribution in [0.5, 0.6) is 11.5 Å². The van der Waals surface area contributed by atoms with Crippen LogP contribution >= 0.6 is 0 Å². The molecule has 0 aliphatic heterocycles. The molecule has 0 radical (unpaired) electrons. The molecule has 0 fully saturated rings. The van der Waals surface area contributed by atoms with Crippen molar-refractivity contribution in [1.82, 2.24) is 0 Å². The van der Waals surface area contributed by atoms with Gasteiger partial charge in [0.1, 0.15) is 11.5 Å². The molecule has 0 bridgehead atoms. The van der Waals surface area contributed by atoms with E-state index in [1.165, 1.54) is 5.56 Å². The smallest absolute Gasteiger partial charge is 0.127 e. The molecule has 0 atom stereocenters. The van der Waals surface area contributed by atoms with Gasteiger partial charge in [-0.05, 0) is 49.2 Å². The Morgan fingerprint density at radius 1 is 0.895 bits per heavy atom. The first-order valence-electron chi connectivity index (χ1n) is 6.58. The lowest BCUT2D eigenvalue weighted by Gasteiger charge is -2.05. The predicted molar refractivity (Wildman–Crippen MR) is 80.3 cm³/mol. The van der Waals surface area contributed by atoms with Gasteiger partial charge in [0, 0.05) is 0 Å². The van der Waals surface area contributed by atoms with Gasteiger partial charge in [-0.3, -0.25) is 0 Å². The van der Waals surface area contributed by atoms with Crippen LogP contribution < -0.4 is 10.5 Å². The maximum atomic E-state index is 5.74. The minimum absolute atomic E-state index is 0.744. The van der Waals surface area contributed by atoms with Crippen LogP contribution in [0.25, 0.3) is 6.08 Å². The Morgan fingerprint density at radius 3 is 2.26 bits per heavy atom. The van der Waals surface area contributed by atoms with E-state index in [2.05, 4.69) is 24.3 Å². The summed E-state index contributed by atoms with van der Waals surface area (Å²) in [5, 5.41) is 0. The molecule has 0 saturated heterocycles. The van der Waals surface area contributed by atoms with E-state index in [0.29, 0.717) is 0 Å². The molecule has 0 aliphatic carbocycles. The van der Waals surface area contributed by atoms with E-state index in [4.69, 9.17) is 10.5 Å². The predicted octanol–water partition coefficient (Wildman–Crippen LogP) is 4.23. The maximum absolute atomic E-state index is 5.74. The van der Waals surface area contributed by atoms with E-state index in [1.807, 2.05) is 42.5 Å². The van der Waals surface area contributed by atoms with E-state index in [-0.39, 0.29) is 0 Å². The second-order valence-electron chi connectivity index (χ2n) is 4.32. The monoisotopic (exact) mass is 253 g/mol. The molecule has 0 aliphatic rings. The van der Waals surface area contributed by atoms with Crippen LogP contribution in [0.4, 0.5) is 0 Å². The molecule has 0 unspecified atom stereocenters. The van der Waals surface area contributed by atoms with Crippen LogP contribution in [0, 0.1) is 0 Å². The molecule has 2 rings (SSSR count). The minimum Gasteiger partial charge on any atom is -0.457 e. The van der Waals surface area contributed by atoms with Crippen molar-refractivity contribution in [3.05, 3.63) is 66.2 Å². The Bertz CT molecular complexity index is 503. The van der Waals surface area contributed by atoms with Crippen molar-refractivity contribution in [3.8, 4) is 11.5 Å². The standard InChI is InChI=1S/C17H19NO/c18-14-6-2-3-7-15-10-12-17(13-11-15)19-16-8-4-1-5-9-16/h1,3-5,7-13H,2,6,14,18H2/b7-3+. The van der Waals surface area contributed by atoms with E-state index >= 15 is 0 Å². The summed E-state index contributed by atoms with van der Waals surface area (Å²) in [7, 11) is 0. The summed E-state index contributed by atoms with van der Waals surface area (Å²) in [6, 6.07) is 17.9. The van der Waals surface area contributed by atoms with Gasteiger partial charge < -0.3 is 10.5 Å². The maximum Gasteiger partial charge on any atom is 0.127 e. The molecule has 0 saturated carbocycles. The molecule has 2 nitrogen and oxygen atoms in total. The lowest BCUT2D eigenvalue weighted by Crippen LogP contribution is -1.96. The van der Waals surface area contributed by atoms with Crippen molar-refractivity contribution >= 4 is 6.08 Å². The van der Waals surface area contributed by atoms with Crippen LogP contribution in [0.15, 0.2) is 60.7 Å². The molecule has 0 amide bonds. The second-order valence-corrected chi connectivity index (χ2v) is 4.32. The van der Waals surface area contributed by atoms with Crippen molar-refractivity contribution in [1.29, 1.82) is 0 Å². The van der Waals surface area contributed by atoms with Gasteiger partial charge in [0.05, 0.1) is 0 Å². The van der Waals surface area contributed by atoms with Crippen molar-refractivity contribution < 1.29 is 4.74 Å². The quantitative estimate of drug-likeness (QED) is 0.782. The third-order valence-electron chi connectivity index (χ3n) is 2.74. The number of nitrogens with two attached hydrogens (primary N) is 1. The minimum atomic E-state index is 0.744. The Hall–Kier alpha value is -2.06. The summed E-state index contributed by atoms with van der Waals surface area (Å²) >= 11 is 0. The number of rotatable bonds is 6. The third-order valence-corrected chi connectivity index (χ3v) is 2.74. The van der Waals surface area contributed by atoms with E-state index < -0.39 is 0 Å². The summed E-state index contributed by atoms with van der Waals surface area (Å²) in [6.07, 6.45) is 6.33. The van der Waals surface area contributed by atoms with Crippen LogP contribution in [0.2, 0.25) is 0 Å². The third kappa shape index (κ3) is 4.60. The highest BCUT2D eigenvalue weighted by Crippen LogP contribution is 2.21. The molecular formula is C17H19NO. The average molecular weight is 253 g/mol. The van der Waals surface area contributed by atoms with Gasteiger partial charge in [-0.1, -0.05) is 42.5 Å². The highest BCUT2D eigenvalue weighted by molar-refractivity contribution is 5.50. The molecule has 2 heteroatoms. The molecule has 0 spiro atoms. The second kappa shape index (κ2) is 7.39. The molecule has 2 N–H and O–H groups in total. The lowest BCUT2D eigenvalue weighted by molar-refractivity contribution is 0.482. The fourth-order valence-corrected chi connectivity index (χ4v) is 1.73. The van der Waals surface area contributed by atoms with Gasteiger partial charge in [-0.15, -0.1) is 0 Å². The average Bonchev–Trinajstić information content (AvgIpc) is 2.46. The lowest BCUT2D eigenvalue weighted by atomic mass is 10.2. The number of unbranched alkanes of at least 4 members (excludes halogenated alkanes) is 1. The summed E-state index contributed by atoms with van der Waals surface area (Å²) in [4.78, 5) is 0. The molecular weight excluding hydrogens is 234 g/mol. The summed E-state index contributed by atoms with van der Waals surface area (Å²) in [5.74, 6) is 1.71. The fraction of sp³-hybridized carbons (Fsp3) is 0.176. The zero-order valence-electron chi connectivity index (χ0n) is 11.0. The number of hydrogen-bond acceptors (Lipinski definition) is 2. The highest BCUT2D eigenvalue weighted by Gasteiger charge is 1.95. The largest absolute Gasteiger partial charge is 0.457 e. The summed E-state index contributed by atoms with van der Waals surface area (Å²) in [6.45, 7) is 0.744. The zero-order valence-corrected chi connectivity index (χ0v) is 11.0. The van der Waals surface area contributed by atoms with Crippen LogP contribution in [-0.4, -0.2) is 6.54 Å². The van der Waals surface area contributed by atoms with Gasteiger partial charge in [-0.2, -0.15) is 0 Å². The fourth-order valence-electron chi connectivity index (χ4n) is 1.73. The molecule has 0 heterocycles. The molecule has 19 heavy (non-hydrogen) atoms. The highest BCUT2D eigenvalue weighted by atomic mass is 16.5. The van der Waals surface area contributed by atoms with Gasteiger partial charge in [-0.25, -0.2) is 0 Å². The van der Waals surface area contributed by atoms with Crippen molar-refractivity contribution in [2.75, 3.05) is 6.54 Å². The Balaban J connectivity index is 1.93. The normalized spacial score (nSPS) is 10.8. The van der Waals surface area contributed by atoms with Crippen molar-refractivity contribution in [2.24, 2.45) is 5.73 Å². The van der Waals surface area contributed by atoms with Crippen molar-refractivity contribution in [3.63, 3.8) is 0 Å². The van der Waals surface area contributed by atoms with Gasteiger partial charge in [0.25, 0.3) is 0 Å². The van der Waals surface area contributed by atoms with Gasteiger partial charge >= 0.3 is 0 Å². The van der Waals surface area contributed by atoms with Crippen LogP contribution in [0.3, 0.4) is 0 Å². The Morgan fingerprint density at radius 2 is 1.58 bits per heavy atom. The Labute approximate surface area is 114 Å². The number of allylic oxidation sites excluding steroid dienone is 1. The van der Waals surface area contributed by atoms with E-state index in [0.717, 1.165) is 30.9 Å². The van der Waals surface area contributed by atoms with E-state index in [9.17, 15) is 0 Å².